The van der Waals surface area contributed by atoms with Crippen LogP contribution in [0.2, 0.25) is 5.02 Å². The number of hydrogen-bond acceptors (Lipinski definition) is 13. The first kappa shape index (κ1) is 51.7. The van der Waals surface area contributed by atoms with Crippen LogP contribution in [0.1, 0.15) is 51.9 Å². The van der Waals surface area contributed by atoms with Gasteiger partial charge in [-0.15, -0.1) is 0 Å². The number of nitrogens with two attached hydrogens (primary N) is 2. The molecule has 4 rings (SSSR count). The molecule has 0 atom stereocenters. The van der Waals surface area contributed by atoms with E-state index in [0.29, 0.717) is 115 Å². The van der Waals surface area contributed by atoms with Gasteiger partial charge in [-0.2, -0.15) is 4.99 Å². The molecule has 64 heavy (non-hydrogen) atoms. The van der Waals surface area contributed by atoms with Crippen molar-refractivity contribution in [3.8, 4) is 11.3 Å². The third-order valence-corrected chi connectivity index (χ3v) is 10.2. The number of guanidine groups is 1. The number of halogens is 1. The summed E-state index contributed by atoms with van der Waals surface area (Å²) in [6.07, 6.45) is 5.12. The molecule has 3 aromatic rings. The van der Waals surface area contributed by atoms with Crippen molar-refractivity contribution in [1.82, 2.24) is 36.1 Å². The Morgan fingerprint density at radius 3 is 2.09 bits per heavy atom. The van der Waals surface area contributed by atoms with Crippen molar-refractivity contribution in [2.45, 2.75) is 51.9 Å². The largest absolute Gasteiger partial charge is 0.379 e. The number of ketones is 1. The molecule has 8 N–H and O–H groups in total. The van der Waals surface area contributed by atoms with Gasteiger partial charge in [-0.1, -0.05) is 37.1 Å². The van der Waals surface area contributed by atoms with Gasteiger partial charge in [0.2, 0.25) is 0 Å². The Balaban J connectivity index is 0.918. The second-order valence-electron chi connectivity index (χ2n) is 15.0. The average molecular weight is 915 g/mol. The number of piperazine rings is 1. The fourth-order valence-corrected chi connectivity index (χ4v) is 6.82. The van der Waals surface area contributed by atoms with E-state index in [-0.39, 0.29) is 36.5 Å². The van der Waals surface area contributed by atoms with Crippen LogP contribution in [0.5, 0.6) is 0 Å². The van der Waals surface area contributed by atoms with Gasteiger partial charge in [0.25, 0.3) is 5.95 Å². The normalized spacial score (nSPS) is 12.9. The van der Waals surface area contributed by atoms with Gasteiger partial charge in [0.1, 0.15) is 12.5 Å². The monoisotopic (exact) mass is 913 g/mol. The molecule has 0 unspecified atom stereocenters. The molecule has 20 heteroatoms. The van der Waals surface area contributed by atoms with Gasteiger partial charge < -0.3 is 61.3 Å². The minimum atomic E-state index is -0.284. The number of ether oxygens (including phenoxy) is 5. The Labute approximate surface area is 381 Å². The molecule has 4 amide bonds. The van der Waals surface area contributed by atoms with E-state index in [1.165, 1.54) is 0 Å². The lowest BCUT2D eigenvalue weighted by atomic mass is 10.1. The first-order valence-corrected chi connectivity index (χ1v) is 22.7. The second kappa shape index (κ2) is 31.1. The molecule has 1 aliphatic heterocycles. The van der Waals surface area contributed by atoms with Crippen molar-refractivity contribution < 1.29 is 38.1 Å². The van der Waals surface area contributed by atoms with Gasteiger partial charge in [0.05, 0.1) is 57.5 Å². The maximum absolute atomic E-state index is 12.1. The summed E-state index contributed by atoms with van der Waals surface area (Å²) in [6, 6.07) is 13.2. The first-order valence-electron chi connectivity index (χ1n) is 22.3. The lowest BCUT2D eigenvalue weighted by Crippen LogP contribution is -2.47. The Bertz CT molecular complexity index is 1870. The Kier molecular flexibility index (Phi) is 25.1. The highest BCUT2D eigenvalue weighted by Crippen LogP contribution is 2.32. The first-order chi connectivity index (χ1) is 31.2. The van der Waals surface area contributed by atoms with Crippen molar-refractivity contribution in [2.75, 3.05) is 123 Å². The number of aromatic nitrogens is 2. The van der Waals surface area contributed by atoms with Crippen LogP contribution >= 0.6 is 11.6 Å². The number of nitrogens with one attached hydrogen (secondary N) is 4. The third kappa shape index (κ3) is 21.2. The molecular formula is C44H68ClN11O8. The SMILES string of the molecule is CCCOCNC(=O)NCCCCCC(=O)CCCOCCOCCNC(=O)NCCOCCOCCN1CCN(c2cccc(-c3nc(N=C(N)N)nc4ccc(Cl)cc34)c2)CC1. The van der Waals surface area contributed by atoms with Crippen molar-refractivity contribution in [3.63, 3.8) is 0 Å². The summed E-state index contributed by atoms with van der Waals surface area (Å²) in [4.78, 5) is 53.7. The predicted octanol–water partition coefficient (Wildman–Crippen LogP) is 3.94. The number of hydrogen-bond donors (Lipinski definition) is 6. The number of Topliss-reactive ketones (excluding diaryl/α,β-unsaturated/α-hetero) is 1. The van der Waals surface area contributed by atoms with E-state index in [2.05, 4.69) is 58.2 Å². The van der Waals surface area contributed by atoms with E-state index < -0.39 is 0 Å². The minimum Gasteiger partial charge on any atom is -0.379 e. The van der Waals surface area contributed by atoms with Gasteiger partial charge in [-0.05, 0) is 56.0 Å². The van der Waals surface area contributed by atoms with Crippen molar-refractivity contribution in [3.05, 3.63) is 47.5 Å². The van der Waals surface area contributed by atoms with Crippen molar-refractivity contribution in [1.29, 1.82) is 0 Å². The van der Waals surface area contributed by atoms with E-state index >= 15 is 0 Å². The zero-order chi connectivity index (χ0) is 45.6. The Morgan fingerprint density at radius 2 is 1.38 bits per heavy atom. The van der Waals surface area contributed by atoms with Crippen LogP contribution in [0.3, 0.4) is 0 Å². The molecule has 0 radical (unpaired) electrons. The van der Waals surface area contributed by atoms with Crippen molar-refractivity contribution in [2.24, 2.45) is 16.5 Å². The zero-order valence-corrected chi connectivity index (χ0v) is 38.0. The van der Waals surface area contributed by atoms with Gasteiger partial charge in [-0.3, -0.25) is 9.69 Å². The van der Waals surface area contributed by atoms with Gasteiger partial charge in [0, 0.05) is 100 Å². The summed E-state index contributed by atoms with van der Waals surface area (Å²) in [5.41, 5.74) is 14.7. The third-order valence-electron chi connectivity index (χ3n) is 9.94. The molecule has 1 saturated heterocycles. The van der Waals surface area contributed by atoms with Gasteiger partial charge in [-0.25, -0.2) is 19.6 Å². The molecular weight excluding hydrogens is 846 g/mol. The Hall–Kier alpha value is -4.89. The number of nitrogens with zero attached hydrogens (tertiary/aromatic N) is 5. The standard InChI is InChI=1S/C44H68ClN11O8/c1-2-22-64-33-51-44(59)48-14-5-3-4-10-37(57)11-7-23-60-27-28-61-24-15-49-43(58)50-16-25-62-29-30-63-26-21-55-17-19-56(20-18-55)36-9-6-8-34(31-36)40-38-32-35(45)12-13-39(38)52-42(53-40)54-41(46)47/h6,8-9,12-13,31-32H,2-5,7,10-11,14-30,33H2,1H3,(H2,48,51,59)(H2,49,50,58)(H4,46,47,52,53,54). The summed E-state index contributed by atoms with van der Waals surface area (Å²) in [5.74, 6) is 0.303. The lowest BCUT2D eigenvalue weighted by molar-refractivity contribution is -0.119. The quantitative estimate of drug-likeness (QED) is 0.0225. The maximum atomic E-state index is 12.1. The number of carbonyl (C=O) groups excluding carboxylic acids is 3. The number of aliphatic imine (C=N–C) groups is 1. The molecule has 2 heterocycles. The molecule has 0 aliphatic carbocycles. The number of amides is 4. The molecule has 2 aromatic carbocycles. The molecule has 1 fully saturated rings. The highest BCUT2D eigenvalue weighted by Gasteiger charge is 2.19. The molecule has 0 saturated carbocycles. The fraction of sp³-hybridized carbons (Fsp3) is 0.591. The summed E-state index contributed by atoms with van der Waals surface area (Å²) < 4.78 is 27.7. The molecule has 19 nitrogen and oxygen atoms in total. The second-order valence-corrected chi connectivity index (χ2v) is 15.5. The van der Waals surface area contributed by atoms with Crippen LogP contribution in [0, 0.1) is 0 Å². The Morgan fingerprint density at radius 1 is 0.703 bits per heavy atom. The highest BCUT2D eigenvalue weighted by molar-refractivity contribution is 6.31. The molecule has 354 valence electrons. The highest BCUT2D eigenvalue weighted by atomic mass is 35.5. The predicted molar refractivity (Wildman–Crippen MR) is 249 cm³/mol. The van der Waals surface area contributed by atoms with Gasteiger partial charge in [0.15, 0.2) is 5.96 Å². The van der Waals surface area contributed by atoms with Crippen molar-refractivity contribution >= 4 is 57.9 Å². The number of fused-ring (bicyclic) bond motifs is 1. The number of urea groups is 2. The van der Waals surface area contributed by atoms with Gasteiger partial charge >= 0.3 is 12.1 Å². The smallest absolute Gasteiger partial charge is 0.316 e. The number of benzene rings is 2. The van der Waals surface area contributed by atoms with Crippen LogP contribution in [-0.4, -0.2) is 157 Å². The summed E-state index contributed by atoms with van der Waals surface area (Å²) in [6.45, 7) is 12.2. The van der Waals surface area contributed by atoms with E-state index in [4.69, 9.17) is 46.8 Å². The molecule has 1 aliphatic rings. The van der Waals surface area contributed by atoms with E-state index in [1.54, 1.807) is 6.07 Å². The zero-order valence-electron chi connectivity index (χ0n) is 37.3. The van der Waals surface area contributed by atoms with Crippen LogP contribution < -0.4 is 37.6 Å². The molecule has 1 aromatic heterocycles. The number of carbonyl (C=O) groups is 3. The summed E-state index contributed by atoms with van der Waals surface area (Å²) >= 11 is 6.34. The fourth-order valence-electron chi connectivity index (χ4n) is 6.64. The number of rotatable bonds is 32. The van der Waals surface area contributed by atoms with E-state index in [0.717, 1.165) is 75.0 Å². The number of unbranched alkanes of at least 4 members (excludes halogenated alkanes) is 2. The van der Waals surface area contributed by atoms with E-state index in [1.807, 2.05) is 31.2 Å². The summed E-state index contributed by atoms with van der Waals surface area (Å²) in [7, 11) is 0. The van der Waals surface area contributed by atoms with Crippen LogP contribution in [-0.2, 0) is 28.5 Å². The maximum Gasteiger partial charge on any atom is 0.316 e. The molecule has 0 bridgehead atoms. The van der Waals surface area contributed by atoms with E-state index in [9.17, 15) is 14.4 Å². The topological polar surface area (TPSA) is 242 Å². The average Bonchev–Trinajstić information content (AvgIpc) is 3.29. The molecule has 0 spiro atoms. The van der Waals surface area contributed by atoms with Crippen LogP contribution in [0.15, 0.2) is 47.5 Å². The lowest BCUT2D eigenvalue weighted by Gasteiger charge is -2.36. The summed E-state index contributed by atoms with van der Waals surface area (Å²) in [5, 5.41) is 12.3. The van der Waals surface area contributed by atoms with Crippen LogP contribution in [0.4, 0.5) is 21.2 Å². The number of anilines is 1. The van der Waals surface area contributed by atoms with Crippen LogP contribution in [0.25, 0.3) is 22.2 Å². The minimum absolute atomic E-state index is 0.112.